The van der Waals surface area contributed by atoms with Crippen LogP contribution in [0.15, 0.2) is 0 Å². The summed E-state index contributed by atoms with van der Waals surface area (Å²) < 4.78 is 0. The topological polar surface area (TPSA) is 6.48 Å². The van der Waals surface area contributed by atoms with E-state index in [1.807, 2.05) is 0 Å². The molecule has 2 heteroatoms. The molecule has 1 aliphatic rings. The van der Waals surface area contributed by atoms with Gasteiger partial charge in [0.2, 0.25) is 0 Å². The predicted octanol–water partition coefficient (Wildman–Crippen LogP) is 0.949. The zero-order chi connectivity index (χ0) is 6.69. The summed E-state index contributed by atoms with van der Waals surface area (Å²) in [5.41, 5.74) is 0. The van der Waals surface area contributed by atoms with Crippen molar-refractivity contribution < 1.29 is 0 Å². The molecule has 1 fully saturated rings. The van der Waals surface area contributed by atoms with E-state index in [0.29, 0.717) is 0 Å². The van der Waals surface area contributed by atoms with Crippen molar-refractivity contribution in [1.29, 1.82) is 0 Å². The van der Waals surface area contributed by atoms with Crippen LogP contribution in [0, 0.1) is 0 Å². The Morgan fingerprint density at radius 1 is 1.33 bits per heavy atom. The van der Waals surface area contributed by atoms with E-state index in [-0.39, 0.29) is 0 Å². The summed E-state index contributed by atoms with van der Waals surface area (Å²) in [5.74, 6) is 0. The Morgan fingerprint density at radius 3 is 2.56 bits per heavy atom. The smallest absolute Gasteiger partial charge is 0.0145 e. The van der Waals surface area contributed by atoms with Gasteiger partial charge >= 0.3 is 0 Å². The van der Waals surface area contributed by atoms with Crippen molar-refractivity contribution in [2.45, 2.75) is 19.8 Å². The van der Waals surface area contributed by atoms with Crippen molar-refractivity contribution >= 4 is 0 Å². The summed E-state index contributed by atoms with van der Waals surface area (Å²) >= 11 is 0. The summed E-state index contributed by atoms with van der Waals surface area (Å²) in [6, 6.07) is 0. The fourth-order valence-corrected chi connectivity index (χ4v) is 1.33. The third kappa shape index (κ3) is 1.66. The first-order valence-electron chi connectivity index (χ1n) is 3.80. The van der Waals surface area contributed by atoms with E-state index in [2.05, 4.69) is 24.0 Å². The lowest BCUT2D eigenvalue weighted by Gasteiger charge is -2.22. The molecule has 0 bridgehead atoms. The van der Waals surface area contributed by atoms with Crippen LogP contribution < -0.4 is 0 Å². The lowest BCUT2D eigenvalue weighted by molar-refractivity contribution is 0.0565. The van der Waals surface area contributed by atoms with E-state index in [1.54, 1.807) is 0 Å². The number of hydrogen-bond donors (Lipinski definition) is 0. The van der Waals surface area contributed by atoms with Crippen molar-refractivity contribution in [1.82, 2.24) is 10.0 Å². The molecular formula is C7H16N2. The first-order valence-corrected chi connectivity index (χ1v) is 3.80. The number of hydrazine groups is 1. The Kier molecular flexibility index (Phi) is 2.49. The van der Waals surface area contributed by atoms with Gasteiger partial charge in [0.25, 0.3) is 0 Å². The molecule has 0 aromatic rings. The number of nitrogens with zero attached hydrogens (tertiary/aromatic N) is 2. The molecule has 2 nitrogen and oxygen atoms in total. The van der Waals surface area contributed by atoms with Gasteiger partial charge in [0.05, 0.1) is 0 Å². The molecule has 0 spiro atoms. The number of hydrogen-bond acceptors (Lipinski definition) is 2. The molecular weight excluding hydrogens is 112 g/mol. The second-order valence-corrected chi connectivity index (χ2v) is 2.69. The minimum atomic E-state index is 1.23. The largest absolute Gasteiger partial charge is 0.245 e. The van der Waals surface area contributed by atoms with Crippen molar-refractivity contribution in [3.8, 4) is 0 Å². The first-order chi connectivity index (χ1) is 4.34. The number of rotatable bonds is 2. The maximum atomic E-state index is 2.42. The predicted molar refractivity (Wildman–Crippen MR) is 39.1 cm³/mol. The van der Waals surface area contributed by atoms with Crippen LogP contribution in [0.5, 0.6) is 0 Å². The Labute approximate surface area is 57.4 Å². The normalized spacial score (nSPS) is 23.3. The molecule has 0 aromatic heterocycles. The van der Waals surface area contributed by atoms with E-state index in [4.69, 9.17) is 0 Å². The average Bonchev–Trinajstić information content (AvgIpc) is 2.18. The highest BCUT2D eigenvalue weighted by Gasteiger charge is 2.15. The molecule has 0 N–H and O–H groups in total. The van der Waals surface area contributed by atoms with Crippen LogP contribution in [0.3, 0.4) is 0 Å². The fourth-order valence-electron chi connectivity index (χ4n) is 1.33. The molecule has 0 radical (unpaired) electrons. The molecule has 1 saturated heterocycles. The summed E-state index contributed by atoms with van der Waals surface area (Å²) in [5, 5.41) is 4.74. The minimum Gasteiger partial charge on any atom is -0.245 e. The van der Waals surface area contributed by atoms with Crippen molar-refractivity contribution in [3.63, 3.8) is 0 Å². The Bertz CT molecular complexity index is 83.0. The zero-order valence-corrected chi connectivity index (χ0v) is 6.43. The molecule has 1 aliphatic heterocycles. The van der Waals surface area contributed by atoms with E-state index in [0.717, 1.165) is 0 Å². The molecule has 0 saturated carbocycles. The Morgan fingerprint density at radius 2 is 2.11 bits per heavy atom. The third-order valence-corrected chi connectivity index (χ3v) is 1.86. The lowest BCUT2D eigenvalue weighted by Crippen LogP contribution is -2.33. The summed E-state index contributed by atoms with van der Waals surface area (Å²) in [7, 11) is 2.17. The van der Waals surface area contributed by atoms with Crippen LogP contribution >= 0.6 is 0 Å². The maximum absolute atomic E-state index is 2.42. The quantitative estimate of drug-likeness (QED) is 0.546. The zero-order valence-electron chi connectivity index (χ0n) is 6.43. The molecule has 0 unspecified atom stereocenters. The van der Waals surface area contributed by atoms with E-state index in [1.165, 1.54) is 32.5 Å². The minimum absolute atomic E-state index is 1.23. The third-order valence-electron chi connectivity index (χ3n) is 1.86. The van der Waals surface area contributed by atoms with Crippen LogP contribution in [0.1, 0.15) is 19.8 Å². The standard InChI is InChI=1S/C7H16N2/c1-3-5-9-7-4-6-8(9)2/h3-7H2,1-2H3. The van der Waals surface area contributed by atoms with Gasteiger partial charge in [-0.05, 0) is 12.8 Å². The van der Waals surface area contributed by atoms with E-state index < -0.39 is 0 Å². The monoisotopic (exact) mass is 128 g/mol. The van der Waals surface area contributed by atoms with Crippen LogP contribution in [0.2, 0.25) is 0 Å². The Hall–Kier alpha value is -0.0800. The second-order valence-electron chi connectivity index (χ2n) is 2.69. The average molecular weight is 128 g/mol. The van der Waals surface area contributed by atoms with Crippen LogP contribution in [-0.4, -0.2) is 36.7 Å². The van der Waals surface area contributed by atoms with Gasteiger partial charge in [0, 0.05) is 26.7 Å². The van der Waals surface area contributed by atoms with Crippen molar-refractivity contribution in [2.24, 2.45) is 0 Å². The highest BCUT2D eigenvalue weighted by atomic mass is 15.6. The van der Waals surface area contributed by atoms with Gasteiger partial charge in [-0.1, -0.05) is 6.92 Å². The van der Waals surface area contributed by atoms with Crippen LogP contribution in [0.4, 0.5) is 0 Å². The molecule has 0 atom stereocenters. The lowest BCUT2D eigenvalue weighted by atomic mass is 10.4. The molecule has 1 rings (SSSR count). The van der Waals surface area contributed by atoms with Gasteiger partial charge in [-0.15, -0.1) is 0 Å². The SMILES string of the molecule is CCCN1CCCN1C. The second kappa shape index (κ2) is 3.18. The molecule has 0 aliphatic carbocycles. The fraction of sp³-hybridized carbons (Fsp3) is 1.00. The van der Waals surface area contributed by atoms with Crippen molar-refractivity contribution in [2.75, 3.05) is 26.7 Å². The summed E-state index contributed by atoms with van der Waals surface area (Å²) in [6.45, 7) is 5.98. The van der Waals surface area contributed by atoms with Crippen LogP contribution in [0.25, 0.3) is 0 Å². The summed E-state index contributed by atoms with van der Waals surface area (Å²) in [4.78, 5) is 0. The van der Waals surface area contributed by atoms with Crippen molar-refractivity contribution in [3.05, 3.63) is 0 Å². The van der Waals surface area contributed by atoms with Gasteiger partial charge in [0.1, 0.15) is 0 Å². The highest BCUT2D eigenvalue weighted by Crippen LogP contribution is 2.06. The molecule has 9 heavy (non-hydrogen) atoms. The highest BCUT2D eigenvalue weighted by molar-refractivity contribution is 4.62. The molecule has 1 heterocycles. The van der Waals surface area contributed by atoms with Crippen LogP contribution in [-0.2, 0) is 0 Å². The molecule has 0 amide bonds. The van der Waals surface area contributed by atoms with Gasteiger partial charge in [-0.3, -0.25) is 0 Å². The first kappa shape index (κ1) is 7.03. The molecule has 54 valence electrons. The maximum Gasteiger partial charge on any atom is 0.0145 e. The van der Waals surface area contributed by atoms with Gasteiger partial charge < -0.3 is 0 Å². The van der Waals surface area contributed by atoms with E-state index in [9.17, 15) is 0 Å². The van der Waals surface area contributed by atoms with Gasteiger partial charge in [-0.25, -0.2) is 10.0 Å². The Balaban J connectivity index is 2.22. The van der Waals surface area contributed by atoms with Gasteiger partial charge in [-0.2, -0.15) is 0 Å². The van der Waals surface area contributed by atoms with Gasteiger partial charge in [0.15, 0.2) is 0 Å². The molecule has 0 aromatic carbocycles. The summed E-state index contributed by atoms with van der Waals surface area (Å²) in [6.07, 6.45) is 2.61. The van der Waals surface area contributed by atoms with E-state index >= 15 is 0 Å².